The second-order valence-corrected chi connectivity index (χ2v) is 9.11. The lowest BCUT2D eigenvalue weighted by Crippen LogP contribution is -2.31. The van der Waals surface area contributed by atoms with E-state index < -0.39 is 0 Å². The molecular weight excluding hydrogens is 484 g/mol. The van der Waals surface area contributed by atoms with Gasteiger partial charge in [-0.2, -0.15) is 0 Å². The molecule has 0 bridgehead atoms. The summed E-state index contributed by atoms with van der Waals surface area (Å²) in [5.41, 5.74) is 4.24. The van der Waals surface area contributed by atoms with Gasteiger partial charge in [0.15, 0.2) is 0 Å². The van der Waals surface area contributed by atoms with Gasteiger partial charge in [-0.05, 0) is 71.6 Å². The molecule has 4 rings (SSSR count). The zero-order valence-electron chi connectivity index (χ0n) is 20.7. The summed E-state index contributed by atoms with van der Waals surface area (Å²) in [6, 6.07) is 32.1. The van der Waals surface area contributed by atoms with E-state index in [0.29, 0.717) is 23.7 Å². The van der Waals surface area contributed by atoms with E-state index in [-0.39, 0.29) is 18.2 Å². The summed E-state index contributed by atoms with van der Waals surface area (Å²) in [7, 11) is 1.64. The first-order chi connectivity index (χ1) is 18.0. The molecule has 0 radical (unpaired) electrons. The van der Waals surface area contributed by atoms with Gasteiger partial charge in [-0.15, -0.1) is 0 Å². The zero-order valence-corrected chi connectivity index (χ0v) is 21.4. The third kappa shape index (κ3) is 7.45. The van der Waals surface area contributed by atoms with Crippen LogP contribution in [0.1, 0.15) is 27.0 Å². The fraction of sp³-hybridized carbons (Fsp3) is 0.161. The van der Waals surface area contributed by atoms with Gasteiger partial charge in [-0.1, -0.05) is 66.2 Å². The molecule has 0 heterocycles. The highest BCUT2D eigenvalue weighted by molar-refractivity contribution is 6.30. The fourth-order valence-electron chi connectivity index (χ4n) is 4.02. The Morgan fingerprint density at radius 2 is 1.51 bits per heavy atom. The normalized spacial score (nSPS) is 10.5. The lowest BCUT2D eigenvalue weighted by atomic mass is 10.1. The van der Waals surface area contributed by atoms with Crippen molar-refractivity contribution in [1.29, 1.82) is 0 Å². The molecule has 0 saturated carbocycles. The van der Waals surface area contributed by atoms with Gasteiger partial charge < -0.3 is 15.0 Å². The number of methoxy groups -OCH3 is 1. The predicted octanol–water partition coefficient (Wildman–Crippen LogP) is 6.10. The van der Waals surface area contributed by atoms with Crippen LogP contribution in [0.4, 0.5) is 5.69 Å². The van der Waals surface area contributed by atoms with Crippen molar-refractivity contribution in [3.63, 3.8) is 0 Å². The van der Waals surface area contributed by atoms with Gasteiger partial charge in [-0.3, -0.25) is 9.59 Å². The van der Waals surface area contributed by atoms with Crippen molar-refractivity contribution in [3.8, 4) is 5.75 Å². The molecule has 6 heteroatoms. The van der Waals surface area contributed by atoms with E-state index in [1.165, 1.54) is 0 Å². The van der Waals surface area contributed by atoms with Gasteiger partial charge in [0, 0.05) is 22.8 Å². The first-order valence-corrected chi connectivity index (χ1v) is 12.5. The van der Waals surface area contributed by atoms with Gasteiger partial charge in [0.25, 0.3) is 5.91 Å². The number of hydrogen-bond donors (Lipinski definition) is 1. The first kappa shape index (κ1) is 26.0. The molecule has 0 aromatic heterocycles. The SMILES string of the molecule is COc1ccc(CCNC(=O)Cc2cccc(N(Cc3ccccc3)C(=O)c3ccc(Cl)cc3)c2)cc1. The van der Waals surface area contributed by atoms with Crippen LogP contribution in [-0.4, -0.2) is 25.5 Å². The number of carbonyl (C=O) groups is 2. The number of nitrogens with one attached hydrogen (secondary N) is 1. The Hall–Kier alpha value is -4.09. The minimum absolute atomic E-state index is 0.0655. The Morgan fingerprint density at radius 3 is 2.22 bits per heavy atom. The van der Waals surface area contributed by atoms with Crippen LogP contribution in [-0.2, 0) is 24.2 Å². The van der Waals surface area contributed by atoms with Crippen molar-refractivity contribution in [1.82, 2.24) is 5.32 Å². The number of ether oxygens (including phenoxy) is 1. The third-order valence-electron chi connectivity index (χ3n) is 6.00. The second kappa shape index (κ2) is 12.7. The molecule has 0 atom stereocenters. The first-order valence-electron chi connectivity index (χ1n) is 12.1. The van der Waals surface area contributed by atoms with Gasteiger partial charge >= 0.3 is 0 Å². The minimum atomic E-state index is -0.137. The van der Waals surface area contributed by atoms with Gasteiger partial charge in [-0.25, -0.2) is 0 Å². The Labute approximate surface area is 222 Å². The standard InChI is InChI=1S/C31H29ClN2O3/c1-37-29-16-10-23(11-17-29)18-19-33-30(35)21-25-8-5-9-28(20-25)34(22-24-6-3-2-4-7-24)31(36)26-12-14-27(32)15-13-26/h2-17,20H,18-19,21-22H2,1H3,(H,33,35). The minimum Gasteiger partial charge on any atom is -0.497 e. The van der Waals surface area contributed by atoms with Crippen molar-refractivity contribution in [2.45, 2.75) is 19.4 Å². The predicted molar refractivity (Wildman–Crippen MR) is 148 cm³/mol. The van der Waals surface area contributed by atoms with Crippen LogP contribution in [0.2, 0.25) is 5.02 Å². The molecule has 0 saturated heterocycles. The van der Waals surface area contributed by atoms with Crippen molar-refractivity contribution in [2.24, 2.45) is 0 Å². The van der Waals surface area contributed by atoms with E-state index >= 15 is 0 Å². The maximum absolute atomic E-state index is 13.5. The fourth-order valence-corrected chi connectivity index (χ4v) is 4.14. The van der Waals surface area contributed by atoms with Crippen LogP contribution in [0.25, 0.3) is 0 Å². The molecule has 0 spiro atoms. The molecule has 0 aliphatic rings. The molecule has 2 amide bonds. The van der Waals surface area contributed by atoms with E-state index in [4.69, 9.17) is 16.3 Å². The van der Waals surface area contributed by atoms with E-state index in [1.807, 2.05) is 78.9 Å². The van der Waals surface area contributed by atoms with Gasteiger partial charge in [0.1, 0.15) is 5.75 Å². The van der Waals surface area contributed by atoms with E-state index in [0.717, 1.165) is 34.5 Å². The molecule has 0 aliphatic carbocycles. The number of hydrogen-bond acceptors (Lipinski definition) is 3. The van der Waals surface area contributed by atoms with E-state index in [9.17, 15) is 9.59 Å². The number of benzene rings is 4. The average molecular weight is 513 g/mol. The van der Waals surface area contributed by atoms with Crippen LogP contribution in [0.15, 0.2) is 103 Å². The highest BCUT2D eigenvalue weighted by Crippen LogP contribution is 2.23. The largest absolute Gasteiger partial charge is 0.497 e. The Kier molecular flexibility index (Phi) is 8.95. The summed E-state index contributed by atoms with van der Waals surface area (Å²) in [5, 5.41) is 3.56. The smallest absolute Gasteiger partial charge is 0.258 e. The van der Waals surface area contributed by atoms with Crippen LogP contribution < -0.4 is 15.0 Å². The molecule has 0 fully saturated rings. The van der Waals surface area contributed by atoms with Crippen molar-refractivity contribution < 1.29 is 14.3 Å². The number of amides is 2. The summed E-state index contributed by atoms with van der Waals surface area (Å²) >= 11 is 6.03. The molecule has 37 heavy (non-hydrogen) atoms. The zero-order chi connectivity index (χ0) is 26.0. The number of nitrogens with zero attached hydrogens (tertiary/aromatic N) is 1. The van der Waals surface area contributed by atoms with Gasteiger partial charge in [0.05, 0.1) is 20.1 Å². The molecule has 0 aliphatic heterocycles. The van der Waals surface area contributed by atoms with E-state index in [2.05, 4.69) is 5.32 Å². The summed E-state index contributed by atoms with van der Waals surface area (Å²) in [6.45, 7) is 0.944. The summed E-state index contributed by atoms with van der Waals surface area (Å²) in [4.78, 5) is 27.9. The molecule has 5 nitrogen and oxygen atoms in total. The summed E-state index contributed by atoms with van der Waals surface area (Å²) in [5.74, 6) is 0.606. The monoisotopic (exact) mass is 512 g/mol. The lowest BCUT2D eigenvalue weighted by Gasteiger charge is -2.24. The highest BCUT2D eigenvalue weighted by atomic mass is 35.5. The van der Waals surface area contributed by atoms with Crippen molar-refractivity contribution in [3.05, 3.63) is 130 Å². The maximum Gasteiger partial charge on any atom is 0.258 e. The van der Waals surface area contributed by atoms with Crippen LogP contribution in [0.3, 0.4) is 0 Å². The Bertz CT molecular complexity index is 1320. The average Bonchev–Trinajstić information content (AvgIpc) is 2.93. The van der Waals surface area contributed by atoms with Crippen LogP contribution in [0, 0.1) is 0 Å². The summed E-state index contributed by atoms with van der Waals surface area (Å²) in [6.07, 6.45) is 0.959. The molecule has 4 aromatic carbocycles. The quantitative estimate of drug-likeness (QED) is 0.279. The maximum atomic E-state index is 13.5. The topological polar surface area (TPSA) is 58.6 Å². The number of rotatable bonds is 10. The van der Waals surface area contributed by atoms with E-state index in [1.54, 1.807) is 36.3 Å². The summed E-state index contributed by atoms with van der Waals surface area (Å²) < 4.78 is 5.18. The Morgan fingerprint density at radius 1 is 0.811 bits per heavy atom. The molecule has 0 unspecified atom stereocenters. The Balaban J connectivity index is 1.45. The lowest BCUT2D eigenvalue weighted by molar-refractivity contribution is -0.120. The third-order valence-corrected chi connectivity index (χ3v) is 6.25. The highest BCUT2D eigenvalue weighted by Gasteiger charge is 2.19. The molecular formula is C31H29ClN2O3. The number of anilines is 1. The molecule has 188 valence electrons. The van der Waals surface area contributed by atoms with Crippen molar-refractivity contribution >= 4 is 29.1 Å². The number of carbonyl (C=O) groups excluding carboxylic acids is 2. The number of halogens is 1. The second-order valence-electron chi connectivity index (χ2n) is 8.68. The van der Waals surface area contributed by atoms with Crippen LogP contribution in [0.5, 0.6) is 5.75 Å². The van der Waals surface area contributed by atoms with Crippen molar-refractivity contribution in [2.75, 3.05) is 18.6 Å². The molecule has 4 aromatic rings. The van der Waals surface area contributed by atoms with Gasteiger partial charge in [0.2, 0.25) is 5.91 Å². The van der Waals surface area contributed by atoms with Crippen LogP contribution >= 0.6 is 11.6 Å². The molecule has 1 N–H and O–H groups in total.